The average molecular weight is 227 g/mol. The van der Waals surface area contributed by atoms with Crippen LogP contribution >= 0.6 is 0 Å². The van der Waals surface area contributed by atoms with Gasteiger partial charge < -0.3 is 9.84 Å². The molecule has 0 amide bonds. The summed E-state index contributed by atoms with van der Waals surface area (Å²) in [6.07, 6.45) is 5.33. The van der Waals surface area contributed by atoms with Gasteiger partial charge in [-0.25, -0.2) is 0 Å². The molecule has 1 atom stereocenters. The van der Waals surface area contributed by atoms with E-state index in [4.69, 9.17) is 4.74 Å². The predicted molar refractivity (Wildman–Crippen MR) is 64.4 cm³/mol. The Bertz CT molecular complexity index is 212. The van der Waals surface area contributed by atoms with Gasteiger partial charge in [-0.2, -0.15) is 0 Å². The second kappa shape index (κ2) is 5.48. The van der Waals surface area contributed by atoms with Crippen molar-refractivity contribution in [2.75, 3.05) is 19.7 Å². The van der Waals surface area contributed by atoms with Crippen molar-refractivity contribution in [3.63, 3.8) is 0 Å². The Morgan fingerprint density at radius 3 is 2.44 bits per heavy atom. The molecule has 2 fully saturated rings. The van der Waals surface area contributed by atoms with Gasteiger partial charge in [-0.05, 0) is 45.4 Å². The number of ether oxygens (including phenoxy) is 1. The van der Waals surface area contributed by atoms with Crippen LogP contribution < -0.4 is 0 Å². The van der Waals surface area contributed by atoms with Gasteiger partial charge in [0.2, 0.25) is 0 Å². The third-order valence-electron chi connectivity index (χ3n) is 3.32. The molecule has 1 N–H and O–H groups in total. The summed E-state index contributed by atoms with van der Waals surface area (Å²) in [7, 11) is 0. The van der Waals surface area contributed by atoms with E-state index in [-0.39, 0.29) is 12.2 Å². The first-order valence-corrected chi connectivity index (χ1v) is 6.69. The van der Waals surface area contributed by atoms with Gasteiger partial charge in [0.25, 0.3) is 0 Å². The lowest BCUT2D eigenvalue weighted by Gasteiger charge is -2.25. The second-order valence-corrected chi connectivity index (χ2v) is 5.66. The number of nitrogens with zero attached hydrogens (tertiary/aromatic N) is 1. The van der Waals surface area contributed by atoms with Crippen LogP contribution in [0.2, 0.25) is 0 Å². The lowest BCUT2D eigenvalue weighted by molar-refractivity contribution is -0.0101. The molecule has 0 aliphatic heterocycles. The predicted octanol–water partition coefficient (Wildman–Crippen LogP) is 1.65. The molecule has 0 heterocycles. The van der Waals surface area contributed by atoms with Crippen LogP contribution in [0.15, 0.2) is 0 Å². The smallest absolute Gasteiger partial charge is 0.0900 e. The third kappa shape index (κ3) is 4.40. The molecule has 0 radical (unpaired) electrons. The SMILES string of the molecule is CC(C)OCC(O)CN(CC1CC1)C1CC1. The van der Waals surface area contributed by atoms with Gasteiger partial charge in [-0.15, -0.1) is 0 Å². The summed E-state index contributed by atoms with van der Waals surface area (Å²) in [5.41, 5.74) is 0. The van der Waals surface area contributed by atoms with Gasteiger partial charge in [0.05, 0.1) is 18.8 Å². The minimum Gasteiger partial charge on any atom is -0.389 e. The number of hydrogen-bond donors (Lipinski definition) is 1. The van der Waals surface area contributed by atoms with Crippen LogP contribution in [0.25, 0.3) is 0 Å². The maximum atomic E-state index is 9.91. The Hall–Kier alpha value is -0.120. The molecule has 16 heavy (non-hydrogen) atoms. The molecule has 2 saturated carbocycles. The second-order valence-electron chi connectivity index (χ2n) is 5.66. The fraction of sp³-hybridized carbons (Fsp3) is 1.00. The standard InChI is InChI=1S/C13H25NO2/c1-10(2)16-9-13(15)8-14(12-5-6-12)7-11-3-4-11/h10-13,15H,3-9H2,1-2H3. The zero-order valence-electron chi connectivity index (χ0n) is 10.6. The molecule has 2 rings (SSSR count). The summed E-state index contributed by atoms with van der Waals surface area (Å²) in [5.74, 6) is 0.916. The van der Waals surface area contributed by atoms with Crippen LogP contribution in [0.1, 0.15) is 39.5 Å². The molecule has 2 aliphatic rings. The van der Waals surface area contributed by atoms with E-state index >= 15 is 0 Å². The van der Waals surface area contributed by atoms with Crippen molar-refractivity contribution in [1.82, 2.24) is 4.90 Å². The van der Waals surface area contributed by atoms with Crippen molar-refractivity contribution in [3.05, 3.63) is 0 Å². The van der Waals surface area contributed by atoms with Gasteiger partial charge >= 0.3 is 0 Å². The van der Waals surface area contributed by atoms with Crippen molar-refractivity contribution in [3.8, 4) is 0 Å². The monoisotopic (exact) mass is 227 g/mol. The van der Waals surface area contributed by atoms with E-state index in [0.29, 0.717) is 6.61 Å². The van der Waals surface area contributed by atoms with Crippen LogP contribution in [0, 0.1) is 5.92 Å². The Morgan fingerprint density at radius 1 is 1.25 bits per heavy atom. The molecule has 0 spiro atoms. The minimum atomic E-state index is -0.318. The Labute approximate surface area is 98.8 Å². The molecule has 0 bridgehead atoms. The van der Waals surface area contributed by atoms with Crippen LogP contribution in [0.4, 0.5) is 0 Å². The summed E-state index contributed by atoms with van der Waals surface area (Å²) in [6.45, 7) is 6.49. The minimum absolute atomic E-state index is 0.215. The van der Waals surface area contributed by atoms with Crippen molar-refractivity contribution in [1.29, 1.82) is 0 Å². The molecular formula is C13H25NO2. The molecule has 1 unspecified atom stereocenters. The average Bonchev–Trinajstić information content (AvgIpc) is 3.05. The van der Waals surface area contributed by atoms with E-state index in [1.165, 1.54) is 32.2 Å². The maximum Gasteiger partial charge on any atom is 0.0900 e. The first-order chi connectivity index (χ1) is 7.65. The number of aliphatic hydroxyl groups is 1. The Morgan fingerprint density at radius 2 is 1.94 bits per heavy atom. The molecule has 0 saturated heterocycles. The Balaban J connectivity index is 1.66. The van der Waals surface area contributed by atoms with Gasteiger partial charge in [0, 0.05) is 19.1 Å². The van der Waals surface area contributed by atoms with E-state index in [1.807, 2.05) is 13.8 Å². The molecule has 0 aromatic carbocycles. The van der Waals surface area contributed by atoms with E-state index in [9.17, 15) is 5.11 Å². The normalized spacial score (nSPS) is 23.1. The molecule has 3 nitrogen and oxygen atoms in total. The van der Waals surface area contributed by atoms with Gasteiger partial charge in [0.15, 0.2) is 0 Å². The van der Waals surface area contributed by atoms with Crippen molar-refractivity contribution < 1.29 is 9.84 Å². The summed E-state index contributed by atoms with van der Waals surface area (Å²) < 4.78 is 5.45. The van der Waals surface area contributed by atoms with Crippen molar-refractivity contribution >= 4 is 0 Å². The highest BCUT2D eigenvalue weighted by atomic mass is 16.5. The molecule has 2 aliphatic carbocycles. The van der Waals surface area contributed by atoms with Gasteiger partial charge in [-0.3, -0.25) is 4.90 Å². The summed E-state index contributed by atoms with van der Waals surface area (Å²) in [6, 6.07) is 0.759. The van der Waals surface area contributed by atoms with E-state index < -0.39 is 0 Å². The largest absolute Gasteiger partial charge is 0.389 e. The van der Waals surface area contributed by atoms with Gasteiger partial charge in [0.1, 0.15) is 0 Å². The van der Waals surface area contributed by atoms with Crippen LogP contribution in [-0.4, -0.2) is 48.0 Å². The highest BCUT2D eigenvalue weighted by Crippen LogP contribution is 2.34. The molecule has 3 heteroatoms. The van der Waals surface area contributed by atoms with E-state index in [0.717, 1.165) is 18.5 Å². The van der Waals surface area contributed by atoms with Gasteiger partial charge in [-0.1, -0.05) is 0 Å². The van der Waals surface area contributed by atoms with Crippen molar-refractivity contribution in [2.24, 2.45) is 5.92 Å². The fourth-order valence-electron chi connectivity index (χ4n) is 2.07. The van der Waals surface area contributed by atoms with Crippen LogP contribution in [0.5, 0.6) is 0 Å². The van der Waals surface area contributed by atoms with E-state index in [1.54, 1.807) is 0 Å². The first-order valence-electron chi connectivity index (χ1n) is 6.69. The topological polar surface area (TPSA) is 32.7 Å². The number of aliphatic hydroxyl groups excluding tert-OH is 1. The Kier molecular flexibility index (Phi) is 4.22. The summed E-state index contributed by atoms with van der Waals surface area (Å²) in [5, 5.41) is 9.91. The first kappa shape index (κ1) is 12.3. The van der Waals surface area contributed by atoms with E-state index in [2.05, 4.69) is 4.90 Å². The molecular weight excluding hydrogens is 202 g/mol. The number of hydrogen-bond acceptors (Lipinski definition) is 3. The summed E-state index contributed by atoms with van der Waals surface area (Å²) in [4.78, 5) is 2.48. The zero-order valence-corrected chi connectivity index (χ0v) is 10.6. The maximum absolute atomic E-state index is 9.91. The molecule has 0 aromatic rings. The lowest BCUT2D eigenvalue weighted by atomic mass is 10.3. The number of rotatable bonds is 8. The molecule has 94 valence electrons. The summed E-state index contributed by atoms with van der Waals surface area (Å²) >= 11 is 0. The molecule has 0 aromatic heterocycles. The highest BCUT2D eigenvalue weighted by molar-refractivity contribution is 4.89. The lowest BCUT2D eigenvalue weighted by Crippen LogP contribution is -2.38. The highest BCUT2D eigenvalue weighted by Gasteiger charge is 2.34. The fourth-order valence-corrected chi connectivity index (χ4v) is 2.07. The van der Waals surface area contributed by atoms with Crippen LogP contribution in [-0.2, 0) is 4.74 Å². The zero-order chi connectivity index (χ0) is 11.5. The van der Waals surface area contributed by atoms with Crippen molar-refractivity contribution in [2.45, 2.75) is 57.8 Å². The quantitative estimate of drug-likeness (QED) is 0.684. The van der Waals surface area contributed by atoms with Crippen LogP contribution in [0.3, 0.4) is 0 Å². The third-order valence-corrected chi connectivity index (χ3v) is 3.32.